The van der Waals surface area contributed by atoms with E-state index in [1.807, 2.05) is 13.8 Å². The van der Waals surface area contributed by atoms with E-state index in [4.69, 9.17) is 9.16 Å². The Hall–Kier alpha value is -0.353. The molecule has 1 fully saturated rings. The average molecular weight is 244 g/mol. The molecule has 0 aromatic rings. The van der Waals surface area contributed by atoms with Gasteiger partial charge in [0.2, 0.25) is 0 Å². The van der Waals surface area contributed by atoms with E-state index in [0.717, 1.165) is 0 Å². The molecule has 0 aromatic heterocycles. The number of carbonyl (C=O) groups excluding carboxylic acids is 1. The van der Waals surface area contributed by atoms with Crippen molar-refractivity contribution in [3.63, 3.8) is 0 Å². The van der Waals surface area contributed by atoms with Crippen molar-refractivity contribution in [3.05, 3.63) is 0 Å². The third-order valence-corrected chi connectivity index (χ3v) is 8.17. The smallest absolute Gasteiger partial charge is 0.334 e. The molecule has 0 bridgehead atoms. The van der Waals surface area contributed by atoms with Gasteiger partial charge in [0, 0.05) is 5.41 Å². The summed E-state index contributed by atoms with van der Waals surface area (Å²) in [4.78, 5) is 11.7. The maximum Gasteiger partial charge on any atom is 0.334 e. The van der Waals surface area contributed by atoms with E-state index >= 15 is 0 Å². The lowest BCUT2D eigenvalue weighted by atomic mass is 9.90. The Morgan fingerprint density at radius 3 is 2.19 bits per heavy atom. The second-order valence-electron chi connectivity index (χ2n) is 6.85. The van der Waals surface area contributed by atoms with Gasteiger partial charge in [-0.05, 0) is 18.1 Å². The van der Waals surface area contributed by atoms with Gasteiger partial charge in [-0.15, -0.1) is 0 Å². The first-order valence-electron chi connectivity index (χ1n) is 5.82. The largest absolute Gasteiger partial charge is 0.463 e. The van der Waals surface area contributed by atoms with Gasteiger partial charge in [-0.1, -0.05) is 34.6 Å². The zero-order valence-corrected chi connectivity index (χ0v) is 12.5. The van der Waals surface area contributed by atoms with E-state index < -0.39 is 14.4 Å². The van der Waals surface area contributed by atoms with Gasteiger partial charge in [-0.2, -0.15) is 0 Å². The number of esters is 1. The molecule has 94 valence electrons. The molecule has 16 heavy (non-hydrogen) atoms. The van der Waals surface area contributed by atoms with Crippen molar-refractivity contribution in [1.29, 1.82) is 0 Å². The van der Waals surface area contributed by atoms with Crippen LogP contribution < -0.4 is 0 Å². The quantitative estimate of drug-likeness (QED) is 0.553. The Bertz CT molecular complexity index is 289. The summed E-state index contributed by atoms with van der Waals surface area (Å²) in [5.41, 5.74) is -0.202. The molecule has 0 N–H and O–H groups in total. The monoisotopic (exact) mass is 244 g/mol. The molecule has 1 atom stereocenters. The van der Waals surface area contributed by atoms with Crippen LogP contribution in [0.15, 0.2) is 0 Å². The van der Waals surface area contributed by atoms with E-state index in [1.54, 1.807) is 0 Å². The zero-order valence-electron chi connectivity index (χ0n) is 11.5. The van der Waals surface area contributed by atoms with Crippen LogP contribution in [0.5, 0.6) is 0 Å². The molecule has 0 spiro atoms. The lowest BCUT2D eigenvalue weighted by molar-refractivity contribution is -0.144. The summed E-state index contributed by atoms with van der Waals surface area (Å²) in [7, 11) is -1.90. The van der Waals surface area contributed by atoms with Gasteiger partial charge in [0.25, 0.3) is 0 Å². The number of hydrogen-bond acceptors (Lipinski definition) is 3. The molecule has 3 nitrogen and oxygen atoms in total. The second-order valence-corrected chi connectivity index (χ2v) is 11.6. The lowest BCUT2D eigenvalue weighted by Crippen LogP contribution is -2.48. The molecule has 0 unspecified atom stereocenters. The molecule has 1 aliphatic rings. The summed E-state index contributed by atoms with van der Waals surface area (Å²) in [5, 5.41) is 0.117. The van der Waals surface area contributed by atoms with Crippen molar-refractivity contribution < 1.29 is 14.0 Å². The Morgan fingerprint density at radius 2 is 1.88 bits per heavy atom. The van der Waals surface area contributed by atoms with E-state index in [9.17, 15) is 4.79 Å². The Labute approximate surface area is 99.6 Å². The summed E-state index contributed by atoms with van der Waals surface area (Å²) in [6, 6.07) is 0. The molecular weight excluding hydrogens is 220 g/mol. The normalized spacial score (nSPS) is 25.7. The lowest BCUT2D eigenvalue weighted by Gasteiger charge is -2.39. The Kier molecular flexibility index (Phi) is 3.29. The third kappa shape index (κ3) is 2.48. The van der Waals surface area contributed by atoms with E-state index in [0.29, 0.717) is 6.61 Å². The van der Waals surface area contributed by atoms with E-state index in [2.05, 4.69) is 33.9 Å². The fraction of sp³-hybridized carbons (Fsp3) is 0.917. The minimum absolute atomic E-state index is 0.117. The van der Waals surface area contributed by atoms with Crippen LogP contribution in [-0.4, -0.2) is 27.0 Å². The Balaban J connectivity index is 2.85. The van der Waals surface area contributed by atoms with Gasteiger partial charge in [-0.25, -0.2) is 4.79 Å². The molecule has 1 heterocycles. The summed E-state index contributed by atoms with van der Waals surface area (Å²) in [6.45, 7) is 15.4. The van der Waals surface area contributed by atoms with Gasteiger partial charge in [-0.3, -0.25) is 0 Å². The van der Waals surface area contributed by atoms with Crippen molar-refractivity contribution in [2.45, 2.75) is 58.9 Å². The Morgan fingerprint density at radius 1 is 1.38 bits per heavy atom. The van der Waals surface area contributed by atoms with Crippen LogP contribution in [0.1, 0.15) is 34.6 Å². The van der Waals surface area contributed by atoms with Crippen LogP contribution in [-0.2, 0) is 14.0 Å². The molecular formula is C12H24O3Si. The van der Waals surface area contributed by atoms with Crippen LogP contribution >= 0.6 is 0 Å². The van der Waals surface area contributed by atoms with Gasteiger partial charge < -0.3 is 9.16 Å². The molecule has 0 amide bonds. The number of rotatable bonds is 2. The highest BCUT2D eigenvalue weighted by Gasteiger charge is 2.50. The summed E-state index contributed by atoms with van der Waals surface area (Å²) < 4.78 is 11.3. The first-order chi connectivity index (χ1) is 6.97. The summed E-state index contributed by atoms with van der Waals surface area (Å²) in [5.74, 6) is -0.199. The van der Waals surface area contributed by atoms with Crippen LogP contribution in [0, 0.1) is 5.41 Å². The fourth-order valence-electron chi connectivity index (χ4n) is 1.41. The van der Waals surface area contributed by atoms with Crippen molar-refractivity contribution in [2.75, 3.05) is 6.61 Å². The van der Waals surface area contributed by atoms with Gasteiger partial charge in [0.1, 0.15) is 0 Å². The van der Waals surface area contributed by atoms with Gasteiger partial charge in [0.05, 0.1) is 6.61 Å². The van der Waals surface area contributed by atoms with E-state index in [1.165, 1.54) is 0 Å². The van der Waals surface area contributed by atoms with Gasteiger partial charge >= 0.3 is 5.97 Å². The van der Waals surface area contributed by atoms with Crippen molar-refractivity contribution in [2.24, 2.45) is 5.41 Å². The van der Waals surface area contributed by atoms with Crippen LogP contribution in [0.25, 0.3) is 0 Å². The molecule has 1 rings (SSSR count). The minimum Gasteiger partial charge on any atom is -0.463 e. The highest BCUT2D eigenvalue weighted by molar-refractivity contribution is 6.74. The predicted octanol–water partition coefficient (Wildman–Crippen LogP) is 2.96. The highest BCUT2D eigenvalue weighted by Crippen LogP contribution is 2.41. The van der Waals surface area contributed by atoms with Crippen LogP contribution in [0.3, 0.4) is 0 Å². The average Bonchev–Trinajstić information content (AvgIpc) is 2.29. The topological polar surface area (TPSA) is 35.5 Å². The highest BCUT2D eigenvalue weighted by atomic mass is 28.4. The van der Waals surface area contributed by atoms with Crippen LogP contribution in [0.2, 0.25) is 18.1 Å². The summed E-state index contributed by atoms with van der Waals surface area (Å²) in [6.07, 6.45) is -0.395. The minimum atomic E-state index is -1.90. The maximum absolute atomic E-state index is 11.7. The first-order valence-corrected chi connectivity index (χ1v) is 8.73. The van der Waals surface area contributed by atoms with Crippen molar-refractivity contribution >= 4 is 14.3 Å². The number of carbonyl (C=O) groups is 1. The molecule has 0 aromatic carbocycles. The molecule has 0 saturated carbocycles. The van der Waals surface area contributed by atoms with Crippen LogP contribution in [0.4, 0.5) is 0 Å². The number of cyclic esters (lactones) is 1. The zero-order chi connectivity index (χ0) is 12.8. The molecule has 1 saturated heterocycles. The standard InChI is InChI=1S/C12H24O3Si/c1-11(2,3)16(6,7)15-9-10(13)14-8-12(9,4)5/h9H,8H2,1-7H3/t9-/m1/s1. The summed E-state index contributed by atoms with van der Waals surface area (Å²) >= 11 is 0. The molecule has 4 heteroatoms. The first kappa shape index (κ1) is 13.7. The number of ether oxygens (including phenoxy) is 1. The predicted molar refractivity (Wildman–Crippen MR) is 66.8 cm³/mol. The maximum atomic E-state index is 11.7. The number of hydrogen-bond donors (Lipinski definition) is 0. The molecule has 0 radical (unpaired) electrons. The third-order valence-electron chi connectivity index (χ3n) is 3.73. The van der Waals surface area contributed by atoms with Gasteiger partial charge in [0.15, 0.2) is 14.4 Å². The van der Waals surface area contributed by atoms with E-state index in [-0.39, 0.29) is 16.4 Å². The molecule has 1 aliphatic heterocycles. The second kappa shape index (κ2) is 3.84. The fourth-order valence-corrected chi connectivity index (χ4v) is 2.76. The van der Waals surface area contributed by atoms with Crippen molar-refractivity contribution in [3.8, 4) is 0 Å². The van der Waals surface area contributed by atoms with Crippen molar-refractivity contribution in [1.82, 2.24) is 0 Å². The molecule has 0 aliphatic carbocycles. The SMILES string of the molecule is CC1(C)COC(=O)[C@H]1O[Si](C)(C)C(C)(C)C.